The number of aromatic amines is 1. The molecule has 0 saturated heterocycles. The topological polar surface area (TPSA) is 91.1 Å². The first-order valence-corrected chi connectivity index (χ1v) is 10.5. The number of aryl methyl sites for hydroxylation is 1. The predicted octanol–water partition coefficient (Wildman–Crippen LogP) is 4.32. The van der Waals surface area contributed by atoms with Crippen LogP contribution in [-0.2, 0) is 15.8 Å². The van der Waals surface area contributed by atoms with E-state index in [0.717, 1.165) is 36.8 Å². The van der Waals surface area contributed by atoms with Crippen LogP contribution in [0.25, 0.3) is 0 Å². The third-order valence-electron chi connectivity index (χ3n) is 5.94. The molecule has 0 aliphatic heterocycles. The third kappa shape index (κ3) is 5.57. The zero-order valence-electron chi connectivity index (χ0n) is 17.9. The molecule has 32 heavy (non-hydrogen) atoms. The van der Waals surface area contributed by atoms with E-state index in [-0.39, 0.29) is 5.92 Å². The molecule has 172 valence electrons. The summed E-state index contributed by atoms with van der Waals surface area (Å²) in [6.45, 7) is 4.07. The minimum atomic E-state index is -4.71. The van der Waals surface area contributed by atoms with E-state index in [1.165, 1.54) is 0 Å². The Morgan fingerprint density at radius 1 is 1.16 bits per heavy atom. The molecule has 0 radical (unpaired) electrons. The van der Waals surface area contributed by atoms with Crippen LogP contribution in [0.4, 0.5) is 18.9 Å². The molecule has 1 fully saturated rings. The Hall–Kier alpha value is -3.10. The smallest absolute Gasteiger partial charge is 0.341 e. The summed E-state index contributed by atoms with van der Waals surface area (Å²) in [5, 5.41) is 4.77. The maximum atomic E-state index is 12.9. The molecule has 1 heterocycles. The maximum Gasteiger partial charge on any atom is 0.417 e. The number of benzene rings is 1. The number of pyridine rings is 1. The fourth-order valence-corrected chi connectivity index (χ4v) is 4.30. The molecular weight excluding hydrogens is 423 g/mol. The minimum Gasteiger partial charge on any atom is -0.341 e. The first kappa shape index (κ1) is 23.6. The van der Waals surface area contributed by atoms with Gasteiger partial charge < -0.3 is 15.6 Å². The van der Waals surface area contributed by atoms with E-state index < -0.39 is 40.8 Å². The second-order valence-corrected chi connectivity index (χ2v) is 8.42. The Labute approximate surface area is 183 Å². The van der Waals surface area contributed by atoms with Gasteiger partial charge in [0.15, 0.2) is 0 Å². The van der Waals surface area contributed by atoms with Crippen LogP contribution in [0.5, 0.6) is 0 Å². The van der Waals surface area contributed by atoms with Crippen molar-refractivity contribution in [2.45, 2.75) is 51.7 Å². The Morgan fingerprint density at radius 3 is 2.53 bits per heavy atom. The largest absolute Gasteiger partial charge is 0.417 e. The van der Waals surface area contributed by atoms with Crippen molar-refractivity contribution < 1.29 is 22.8 Å². The number of rotatable bonds is 4. The lowest BCUT2D eigenvalue weighted by Crippen LogP contribution is -2.42. The van der Waals surface area contributed by atoms with Gasteiger partial charge in [-0.15, -0.1) is 0 Å². The highest BCUT2D eigenvalue weighted by atomic mass is 19.4. The van der Waals surface area contributed by atoms with Crippen molar-refractivity contribution in [3.8, 4) is 0 Å². The van der Waals surface area contributed by atoms with Crippen LogP contribution >= 0.6 is 0 Å². The Morgan fingerprint density at radius 2 is 1.88 bits per heavy atom. The van der Waals surface area contributed by atoms with Gasteiger partial charge in [-0.05, 0) is 48.8 Å². The van der Waals surface area contributed by atoms with Crippen molar-refractivity contribution in [1.29, 1.82) is 0 Å². The van der Waals surface area contributed by atoms with Gasteiger partial charge in [-0.3, -0.25) is 14.4 Å². The lowest BCUT2D eigenvalue weighted by molar-refractivity contribution is -0.138. The zero-order chi connectivity index (χ0) is 23.5. The molecule has 9 heteroatoms. The van der Waals surface area contributed by atoms with Crippen LogP contribution in [0.2, 0.25) is 0 Å². The molecule has 1 aromatic carbocycles. The van der Waals surface area contributed by atoms with Crippen LogP contribution in [-0.4, -0.2) is 16.8 Å². The molecule has 2 aromatic rings. The molecule has 3 atom stereocenters. The van der Waals surface area contributed by atoms with Crippen LogP contribution in [0.3, 0.4) is 0 Å². The fourth-order valence-electron chi connectivity index (χ4n) is 4.30. The van der Waals surface area contributed by atoms with E-state index in [2.05, 4.69) is 12.2 Å². The number of anilines is 1. The molecule has 0 spiro atoms. The van der Waals surface area contributed by atoms with E-state index in [0.29, 0.717) is 18.2 Å². The number of nitrogens with one attached hydrogen (secondary N) is 3. The van der Waals surface area contributed by atoms with E-state index in [9.17, 15) is 27.6 Å². The first-order chi connectivity index (χ1) is 15.1. The number of H-pyrrole nitrogens is 1. The predicted molar refractivity (Wildman–Crippen MR) is 114 cm³/mol. The summed E-state index contributed by atoms with van der Waals surface area (Å²) in [6, 6.07) is 7.64. The van der Waals surface area contributed by atoms with Crippen LogP contribution in [0.15, 0.2) is 41.3 Å². The number of hydrogen-bond acceptors (Lipinski definition) is 3. The number of hydrogen-bond donors (Lipinski definition) is 3. The molecule has 0 unspecified atom stereocenters. The molecule has 1 saturated carbocycles. The minimum absolute atomic E-state index is 0.119. The fraction of sp³-hybridized carbons (Fsp3) is 0.435. The average Bonchev–Trinajstić information content (AvgIpc) is 2.73. The van der Waals surface area contributed by atoms with Crippen LogP contribution in [0, 0.1) is 18.8 Å². The van der Waals surface area contributed by atoms with Gasteiger partial charge in [0.1, 0.15) is 5.69 Å². The van der Waals surface area contributed by atoms with Crippen molar-refractivity contribution in [3.05, 3.63) is 63.6 Å². The quantitative estimate of drug-likeness (QED) is 0.607. The van der Waals surface area contributed by atoms with Crippen molar-refractivity contribution in [1.82, 2.24) is 10.3 Å². The van der Waals surface area contributed by atoms with Crippen molar-refractivity contribution in [2.75, 3.05) is 5.32 Å². The van der Waals surface area contributed by atoms with Gasteiger partial charge in [0.2, 0.25) is 0 Å². The summed E-state index contributed by atoms with van der Waals surface area (Å²) in [6.07, 6.45) is -0.317. The summed E-state index contributed by atoms with van der Waals surface area (Å²) in [5.41, 5.74) is -0.855. The van der Waals surface area contributed by atoms with E-state index >= 15 is 0 Å². The average molecular weight is 449 g/mol. The van der Waals surface area contributed by atoms with Crippen molar-refractivity contribution in [3.63, 3.8) is 0 Å². The third-order valence-corrected chi connectivity index (χ3v) is 5.94. The van der Waals surface area contributed by atoms with E-state index in [4.69, 9.17) is 0 Å². The highest BCUT2D eigenvalue weighted by Gasteiger charge is 2.33. The molecule has 2 amide bonds. The second kappa shape index (κ2) is 9.58. The van der Waals surface area contributed by atoms with Gasteiger partial charge in [0.25, 0.3) is 5.56 Å². The normalized spacial score (nSPS) is 19.8. The monoisotopic (exact) mass is 449 g/mol. The molecule has 3 rings (SSSR count). The molecule has 6 nitrogen and oxygen atoms in total. The summed E-state index contributed by atoms with van der Waals surface area (Å²) < 4.78 is 38.7. The number of alkyl halides is 3. The standard InChI is InChI=1S/C23H26F3N3O3/c1-13-6-5-8-15(10-13)19(17-9-4-3-7-14(17)2)29-22(32)21(31)28-18-11-16(23(24,25)26)12-27-20(18)30/h3-4,7,9,11-13,15,19H,5-6,8,10H2,1-2H3,(H,27,30)(H,28,31)(H,29,32)/t13-,15+,19+/m0/s1. The molecule has 3 N–H and O–H groups in total. The molecule has 1 aromatic heterocycles. The lowest BCUT2D eigenvalue weighted by atomic mass is 9.76. The lowest BCUT2D eigenvalue weighted by Gasteiger charge is -2.34. The Bertz CT molecular complexity index is 1050. The van der Waals surface area contributed by atoms with Crippen molar-refractivity contribution >= 4 is 17.5 Å². The SMILES string of the molecule is Cc1ccccc1[C@H](NC(=O)C(=O)Nc1cc(C(F)(F)F)c[nH]c1=O)[C@@H]1CCC[C@H](C)C1. The van der Waals surface area contributed by atoms with Gasteiger partial charge >= 0.3 is 18.0 Å². The highest BCUT2D eigenvalue weighted by Crippen LogP contribution is 2.38. The number of carbonyl (C=O) groups excluding carboxylic acids is 2. The summed E-state index contributed by atoms with van der Waals surface area (Å²) in [5.74, 6) is -1.60. The van der Waals surface area contributed by atoms with Gasteiger partial charge in [0, 0.05) is 6.20 Å². The van der Waals surface area contributed by atoms with Gasteiger partial charge in [-0.2, -0.15) is 13.2 Å². The number of halogens is 3. The first-order valence-electron chi connectivity index (χ1n) is 10.5. The van der Waals surface area contributed by atoms with Gasteiger partial charge in [-0.1, -0.05) is 44.0 Å². The van der Waals surface area contributed by atoms with Gasteiger partial charge in [-0.25, -0.2) is 0 Å². The Kier molecular flexibility index (Phi) is 7.06. The van der Waals surface area contributed by atoms with Crippen LogP contribution < -0.4 is 16.2 Å². The second-order valence-electron chi connectivity index (χ2n) is 8.42. The highest BCUT2D eigenvalue weighted by molar-refractivity contribution is 6.39. The Balaban J connectivity index is 1.81. The van der Waals surface area contributed by atoms with E-state index in [1.54, 1.807) is 0 Å². The summed E-state index contributed by atoms with van der Waals surface area (Å²) in [4.78, 5) is 39.0. The zero-order valence-corrected chi connectivity index (χ0v) is 17.9. The molecule has 1 aliphatic rings. The van der Waals surface area contributed by atoms with E-state index in [1.807, 2.05) is 41.5 Å². The maximum absolute atomic E-state index is 12.9. The molecule has 1 aliphatic carbocycles. The number of amides is 2. The number of carbonyl (C=O) groups is 2. The summed E-state index contributed by atoms with van der Waals surface area (Å²) >= 11 is 0. The molecule has 0 bridgehead atoms. The van der Waals surface area contributed by atoms with Crippen LogP contribution in [0.1, 0.15) is 55.3 Å². The van der Waals surface area contributed by atoms with Crippen molar-refractivity contribution in [2.24, 2.45) is 11.8 Å². The number of aromatic nitrogens is 1. The summed E-state index contributed by atoms with van der Waals surface area (Å²) in [7, 11) is 0. The van der Waals surface area contributed by atoms with Gasteiger partial charge in [0.05, 0.1) is 11.6 Å². The molecular formula is C23H26F3N3O3.